The van der Waals surface area contributed by atoms with Crippen molar-refractivity contribution in [3.8, 4) is 0 Å². The van der Waals surface area contributed by atoms with Crippen LogP contribution in [0.1, 0.15) is 17.0 Å². The van der Waals surface area contributed by atoms with Gasteiger partial charge in [0.15, 0.2) is 8.38 Å². The van der Waals surface area contributed by atoms with E-state index in [-0.39, 0.29) is 18.6 Å². The van der Waals surface area contributed by atoms with Crippen molar-refractivity contribution in [2.24, 2.45) is 5.73 Å². The van der Waals surface area contributed by atoms with Gasteiger partial charge in [0.05, 0.1) is 5.56 Å². The Bertz CT molecular complexity index is 400. The molecule has 0 fully saturated rings. The number of halogens is 3. The number of rotatable bonds is 4. The first kappa shape index (κ1) is 20.6. The van der Waals surface area contributed by atoms with Crippen LogP contribution in [0.25, 0.3) is 0 Å². The lowest BCUT2D eigenvalue weighted by molar-refractivity contribution is -0.137. The molecule has 0 bridgehead atoms. The second-order valence-electron chi connectivity index (χ2n) is 3.88. The van der Waals surface area contributed by atoms with Gasteiger partial charge in [-0.15, -0.1) is 0 Å². The molecule has 0 radical (unpaired) electrons. The minimum Gasteiger partial charge on any atom is -0.350 e. The number of hydrogen-bond acceptors (Lipinski definition) is 6. The molecule has 11 heteroatoms. The SMILES string of the molecule is NCC(CP(O)O)c1ccc(C(F)(F)F)cc1.OP(O)O. The van der Waals surface area contributed by atoms with Gasteiger partial charge < -0.3 is 30.2 Å². The second-order valence-corrected chi connectivity index (χ2v) is 5.52. The zero-order chi connectivity index (χ0) is 16.6. The van der Waals surface area contributed by atoms with Crippen LogP contribution in [-0.4, -0.2) is 37.2 Å². The molecule has 1 rings (SSSR count). The highest BCUT2D eigenvalue weighted by molar-refractivity contribution is 7.45. The fourth-order valence-corrected chi connectivity index (χ4v) is 2.21. The van der Waals surface area contributed by atoms with Crippen LogP contribution in [0.15, 0.2) is 24.3 Å². The average Bonchev–Trinajstić information content (AvgIpc) is 2.34. The highest BCUT2D eigenvalue weighted by Crippen LogP contribution is 2.33. The van der Waals surface area contributed by atoms with E-state index in [1.807, 2.05) is 0 Å². The molecule has 0 aliphatic carbocycles. The average molecular weight is 349 g/mol. The molecule has 0 saturated heterocycles. The molecule has 0 aliphatic heterocycles. The monoisotopic (exact) mass is 349 g/mol. The first-order valence-corrected chi connectivity index (χ1v) is 8.10. The van der Waals surface area contributed by atoms with E-state index in [0.717, 1.165) is 12.1 Å². The third kappa shape index (κ3) is 9.29. The van der Waals surface area contributed by atoms with E-state index in [1.54, 1.807) is 0 Å². The van der Waals surface area contributed by atoms with Crippen LogP contribution in [0.2, 0.25) is 0 Å². The van der Waals surface area contributed by atoms with Gasteiger partial charge in [0.1, 0.15) is 0 Å². The maximum Gasteiger partial charge on any atom is 0.416 e. The van der Waals surface area contributed by atoms with Gasteiger partial charge in [0.25, 0.3) is 0 Å². The van der Waals surface area contributed by atoms with Gasteiger partial charge in [0, 0.05) is 12.1 Å². The van der Waals surface area contributed by atoms with Crippen LogP contribution in [0.4, 0.5) is 13.2 Å². The Hall–Kier alpha value is -0.370. The summed E-state index contributed by atoms with van der Waals surface area (Å²) in [5.41, 5.74) is 5.29. The Morgan fingerprint density at radius 2 is 1.43 bits per heavy atom. The number of benzene rings is 1. The van der Waals surface area contributed by atoms with E-state index in [2.05, 4.69) is 0 Å². The van der Waals surface area contributed by atoms with Crippen molar-refractivity contribution < 1.29 is 37.6 Å². The number of alkyl halides is 3. The Morgan fingerprint density at radius 3 is 1.71 bits per heavy atom. The molecular weight excluding hydrogens is 333 g/mol. The lowest BCUT2D eigenvalue weighted by atomic mass is 10.00. The molecule has 0 spiro atoms. The minimum absolute atomic E-state index is 0.0667. The molecule has 7 N–H and O–H groups in total. The summed E-state index contributed by atoms with van der Waals surface area (Å²) in [6.45, 7) is 0.158. The van der Waals surface area contributed by atoms with E-state index >= 15 is 0 Å². The minimum atomic E-state index is -4.36. The standard InChI is InChI=1S/C10H13F3NO2P.H3O3P/c11-10(12,13)9-3-1-7(2-4-9)8(5-14)6-17(15)16;1-4(2)3/h1-4,8,15-16H,5-6,14H2;1-3H. The summed E-state index contributed by atoms with van der Waals surface area (Å²) in [6.07, 6.45) is -4.30. The lowest BCUT2D eigenvalue weighted by Gasteiger charge is -2.16. The Balaban J connectivity index is 0.000000885. The fraction of sp³-hybridized carbons (Fsp3) is 0.400. The molecule has 0 heterocycles. The summed E-state index contributed by atoms with van der Waals surface area (Å²) in [6, 6.07) is 4.57. The Kier molecular flexibility index (Phi) is 9.44. The summed E-state index contributed by atoms with van der Waals surface area (Å²) < 4.78 is 36.9. The fourth-order valence-electron chi connectivity index (χ4n) is 1.46. The van der Waals surface area contributed by atoms with E-state index in [1.165, 1.54) is 12.1 Å². The molecule has 1 aromatic carbocycles. The normalized spacial score (nSPS) is 13.1. The summed E-state index contributed by atoms with van der Waals surface area (Å²) in [5.74, 6) is -0.335. The van der Waals surface area contributed by atoms with Crippen molar-refractivity contribution in [1.29, 1.82) is 0 Å². The summed E-state index contributed by atoms with van der Waals surface area (Å²) in [7, 11) is -4.72. The first-order valence-electron chi connectivity index (χ1n) is 5.47. The van der Waals surface area contributed by atoms with Crippen LogP contribution in [-0.2, 0) is 6.18 Å². The van der Waals surface area contributed by atoms with E-state index in [0.29, 0.717) is 5.56 Å². The maximum absolute atomic E-state index is 12.3. The number of nitrogens with two attached hydrogens (primary N) is 1. The van der Waals surface area contributed by atoms with E-state index in [4.69, 9.17) is 30.2 Å². The zero-order valence-corrected chi connectivity index (χ0v) is 12.4. The molecule has 1 aromatic rings. The third-order valence-corrected chi connectivity index (χ3v) is 3.14. The third-order valence-electron chi connectivity index (χ3n) is 2.38. The summed E-state index contributed by atoms with van der Waals surface area (Å²) in [4.78, 5) is 39.5. The number of hydrogen-bond donors (Lipinski definition) is 6. The highest BCUT2D eigenvalue weighted by Gasteiger charge is 2.30. The molecule has 0 amide bonds. The topological polar surface area (TPSA) is 127 Å². The summed E-state index contributed by atoms with van der Waals surface area (Å²) >= 11 is 0. The quantitative estimate of drug-likeness (QED) is 0.454. The van der Waals surface area contributed by atoms with Crippen molar-refractivity contribution in [3.05, 3.63) is 35.4 Å². The molecular formula is C10H16F3NO5P2. The van der Waals surface area contributed by atoms with Crippen LogP contribution in [0.5, 0.6) is 0 Å². The highest BCUT2D eigenvalue weighted by atomic mass is 31.2. The second kappa shape index (κ2) is 9.61. The van der Waals surface area contributed by atoms with Gasteiger partial charge in [-0.1, -0.05) is 12.1 Å². The lowest BCUT2D eigenvalue weighted by Crippen LogP contribution is -2.16. The predicted octanol–water partition coefficient (Wildman–Crippen LogP) is 1.23. The molecule has 1 unspecified atom stereocenters. The van der Waals surface area contributed by atoms with Gasteiger partial charge >= 0.3 is 14.8 Å². The van der Waals surface area contributed by atoms with Gasteiger partial charge in [-0.05, 0) is 24.2 Å². The Morgan fingerprint density at radius 1 is 1.00 bits per heavy atom. The van der Waals surface area contributed by atoms with Crippen molar-refractivity contribution in [1.82, 2.24) is 0 Å². The summed E-state index contributed by atoms with van der Waals surface area (Å²) in [5, 5.41) is 0. The Labute approximate surface area is 121 Å². The molecule has 0 aromatic heterocycles. The van der Waals surface area contributed by atoms with E-state index in [9.17, 15) is 13.2 Å². The van der Waals surface area contributed by atoms with Crippen molar-refractivity contribution in [3.63, 3.8) is 0 Å². The molecule has 1 atom stereocenters. The molecule has 0 aliphatic rings. The molecule has 6 nitrogen and oxygen atoms in total. The van der Waals surface area contributed by atoms with Crippen LogP contribution < -0.4 is 5.73 Å². The smallest absolute Gasteiger partial charge is 0.350 e. The maximum atomic E-state index is 12.3. The van der Waals surface area contributed by atoms with Gasteiger partial charge in [-0.3, -0.25) is 0 Å². The molecule has 0 saturated carbocycles. The van der Waals surface area contributed by atoms with Crippen molar-refractivity contribution in [2.45, 2.75) is 12.1 Å². The van der Waals surface area contributed by atoms with Crippen LogP contribution in [0.3, 0.4) is 0 Å². The van der Waals surface area contributed by atoms with E-state index < -0.39 is 28.7 Å². The van der Waals surface area contributed by atoms with Crippen LogP contribution >= 0.6 is 17.0 Å². The van der Waals surface area contributed by atoms with Gasteiger partial charge in [0.2, 0.25) is 0 Å². The van der Waals surface area contributed by atoms with Crippen molar-refractivity contribution in [2.75, 3.05) is 12.7 Å². The van der Waals surface area contributed by atoms with Gasteiger partial charge in [-0.2, -0.15) is 13.2 Å². The van der Waals surface area contributed by atoms with Gasteiger partial charge in [-0.25, -0.2) is 0 Å². The van der Waals surface area contributed by atoms with Crippen molar-refractivity contribution >= 4 is 17.0 Å². The largest absolute Gasteiger partial charge is 0.416 e. The molecule has 122 valence electrons. The first-order chi connectivity index (χ1) is 9.57. The predicted molar refractivity (Wildman–Crippen MR) is 73.0 cm³/mol. The molecule has 21 heavy (non-hydrogen) atoms. The van der Waals surface area contributed by atoms with Crippen LogP contribution in [0, 0.1) is 0 Å². The zero-order valence-electron chi connectivity index (χ0n) is 10.6.